The van der Waals surface area contributed by atoms with Crippen molar-refractivity contribution in [2.45, 2.75) is 46.3 Å². The Balaban J connectivity index is 1.61. The second-order valence-electron chi connectivity index (χ2n) is 7.49. The van der Waals surface area contributed by atoms with Crippen molar-refractivity contribution < 1.29 is 14.3 Å². The molecule has 2 N–H and O–H groups in total. The van der Waals surface area contributed by atoms with Gasteiger partial charge in [-0.25, -0.2) is 14.6 Å². The van der Waals surface area contributed by atoms with E-state index >= 15 is 0 Å². The van der Waals surface area contributed by atoms with Crippen LogP contribution in [0.3, 0.4) is 0 Å². The number of fused-ring (bicyclic) bond motifs is 1. The Bertz CT molecular complexity index is 857. The van der Waals surface area contributed by atoms with E-state index in [2.05, 4.69) is 15.6 Å². The molecule has 0 fully saturated rings. The molecule has 8 heteroatoms. The van der Waals surface area contributed by atoms with Gasteiger partial charge >= 0.3 is 12.1 Å². The second kappa shape index (κ2) is 7.56. The minimum absolute atomic E-state index is 0.298. The third-order valence-electron chi connectivity index (χ3n) is 3.97. The summed E-state index contributed by atoms with van der Waals surface area (Å²) in [7, 11) is 0. The Labute approximate surface area is 162 Å². The Morgan fingerprint density at radius 1 is 1.22 bits per heavy atom. The number of nitrogens with one attached hydrogen (secondary N) is 2. The summed E-state index contributed by atoms with van der Waals surface area (Å²) in [5.74, 6) is 0. The standard InChI is InChI=1S/C19H24N4O3S/c1-12-10-20-17(27-12)22-16(24)21-15-6-5-14-11-23(8-7-13(14)9-15)18(25)26-19(2,3)4/h5-6,9-10H,7-8,11H2,1-4H3,(H2,20,21,22,24). The summed E-state index contributed by atoms with van der Waals surface area (Å²) in [6.07, 6.45) is 2.14. The maximum atomic E-state index is 12.2. The number of hydrogen-bond donors (Lipinski definition) is 2. The summed E-state index contributed by atoms with van der Waals surface area (Å²) < 4.78 is 5.44. The van der Waals surface area contributed by atoms with Gasteiger partial charge in [-0.1, -0.05) is 6.07 Å². The van der Waals surface area contributed by atoms with E-state index in [9.17, 15) is 9.59 Å². The lowest BCUT2D eigenvalue weighted by atomic mass is 9.99. The number of carbonyl (C=O) groups excluding carboxylic acids is 2. The second-order valence-corrected chi connectivity index (χ2v) is 8.73. The number of amides is 3. The fraction of sp³-hybridized carbons (Fsp3) is 0.421. The SMILES string of the molecule is Cc1cnc(NC(=O)Nc2ccc3c(c2)CCN(C(=O)OC(C)(C)C)C3)s1. The highest BCUT2D eigenvalue weighted by atomic mass is 32.1. The monoisotopic (exact) mass is 388 g/mol. The molecule has 1 aromatic heterocycles. The number of carbonyl (C=O) groups is 2. The molecule has 1 aromatic carbocycles. The molecule has 7 nitrogen and oxygen atoms in total. The fourth-order valence-electron chi connectivity index (χ4n) is 2.79. The van der Waals surface area contributed by atoms with Gasteiger partial charge in [0.2, 0.25) is 0 Å². The highest BCUT2D eigenvalue weighted by Gasteiger charge is 2.25. The number of anilines is 2. The van der Waals surface area contributed by atoms with E-state index in [1.165, 1.54) is 11.3 Å². The first-order valence-electron chi connectivity index (χ1n) is 8.80. The van der Waals surface area contributed by atoms with Crippen LogP contribution in [0.5, 0.6) is 0 Å². The van der Waals surface area contributed by atoms with Crippen molar-refractivity contribution in [1.82, 2.24) is 9.88 Å². The Kier molecular flexibility index (Phi) is 5.36. The predicted molar refractivity (Wildman–Crippen MR) is 106 cm³/mol. The molecule has 0 unspecified atom stereocenters. The smallest absolute Gasteiger partial charge is 0.410 e. The quantitative estimate of drug-likeness (QED) is 0.799. The Morgan fingerprint density at radius 2 is 2.00 bits per heavy atom. The van der Waals surface area contributed by atoms with Gasteiger partial charge in [0.25, 0.3) is 0 Å². The van der Waals surface area contributed by atoms with Crippen LogP contribution in [0, 0.1) is 6.92 Å². The lowest BCUT2D eigenvalue weighted by Gasteiger charge is -2.31. The van der Waals surface area contributed by atoms with Gasteiger partial charge in [0.15, 0.2) is 5.13 Å². The van der Waals surface area contributed by atoms with Crippen molar-refractivity contribution >= 4 is 34.3 Å². The number of aryl methyl sites for hydroxylation is 1. The number of rotatable bonds is 2. The van der Waals surface area contributed by atoms with E-state index in [-0.39, 0.29) is 12.1 Å². The maximum Gasteiger partial charge on any atom is 0.410 e. The van der Waals surface area contributed by atoms with E-state index in [1.807, 2.05) is 45.9 Å². The zero-order valence-corrected chi connectivity index (χ0v) is 16.8. The average molecular weight is 388 g/mol. The molecule has 0 bridgehead atoms. The van der Waals surface area contributed by atoms with Crippen molar-refractivity contribution in [1.29, 1.82) is 0 Å². The van der Waals surface area contributed by atoms with Gasteiger partial charge in [0.1, 0.15) is 5.60 Å². The van der Waals surface area contributed by atoms with Crippen LogP contribution in [0.4, 0.5) is 20.4 Å². The maximum absolute atomic E-state index is 12.2. The summed E-state index contributed by atoms with van der Waals surface area (Å²) in [6, 6.07) is 5.41. The van der Waals surface area contributed by atoms with Gasteiger partial charge in [0, 0.05) is 29.9 Å². The normalized spacial score (nSPS) is 13.7. The van der Waals surface area contributed by atoms with Crippen molar-refractivity contribution in [3.63, 3.8) is 0 Å². The number of aromatic nitrogens is 1. The molecule has 0 aliphatic carbocycles. The number of urea groups is 1. The van der Waals surface area contributed by atoms with Crippen LogP contribution in [-0.4, -0.2) is 34.2 Å². The molecule has 1 aliphatic rings. The van der Waals surface area contributed by atoms with Crippen molar-refractivity contribution in [3.05, 3.63) is 40.4 Å². The number of thiazole rings is 1. The topological polar surface area (TPSA) is 83.6 Å². The summed E-state index contributed by atoms with van der Waals surface area (Å²) in [4.78, 5) is 31.2. The van der Waals surface area contributed by atoms with Crippen LogP contribution in [0.2, 0.25) is 0 Å². The van der Waals surface area contributed by atoms with Crippen LogP contribution >= 0.6 is 11.3 Å². The molecule has 0 radical (unpaired) electrons. The largest absolute Gasteiger partial charge is 0.444 e. The zero-order chi connectivity index (χ0) is 19.6. The Morgan fingerprint density at radius 3 is 2.67 bits per heavy atom. The van der Waals surface area contributed by atoms with Crippen LogP contribution in [0.25, 0.3) is 0 Å². The lowest BCUT2D eigenvalue weighted by Crippen LogP contribution is -2.39. The van der Waals surface area contributed by atoms with Gasteiger partial charge in [-0.2, -0.15) is 0 Å². The van der Waals surface area contributed by atoms with Crippen molar-refractivity contribution in [2.24, 2.45) is 0 Å². The molecule has 0 saturated heterocycles. The van der Waals surface area contributed by atoms with Crippen molar-refractivity contribution in [3.8, 4) is 0 Å². The molecule has 0 atom stereocenters. The molecule has 27 heavy (non-hydrogen) atoms. The highest BCUT2D eigenvalue weighted by molar-refractivity contribution is 7.15. The molecule has 144 valence electrons. The highest BCUT2D eigenvalue weighted by Crippen LogP contribution is 2.24. The first kappa shape index (κ1) is 19.2. The molecular formula is C19H24N4O3S. The van der Waals surface area contributed by atoms with E-state index in [4.69, 9.17) is 4.74 Å². The molecule has 0 saturated carbocycles. The Hall–Kier alpha value is -2.61. The van der Waals surface area contributed by atoms with Crippen LogP contribution in [0.15, 0.2) is 24.4 Å². The van der Waals surface area contributed by atoms with E-state index < -0.39 is 5.60 Å². The summed E-state index contributed by atoms with van der Waals surface area (Å²) in [5.41, 5.74) is 2.39. The third-order valence-corrected chi connectivity index (χ3v) is 4.80. The number of ether oxygens (including phenoxy) is 1. The van der Waals surface area contributed by atoms with Crippen LogP contribution in [-0.2, 0) is 17.7 Å². The van der Waals surface area contributed by atoms with Gasteiger partial charge in [0.05, 0.1) is 0 Å². The molecule has 3 amide bonds. The number of benzene rings is 1. The average Bonchev–Trinajstić information content (AvgIpc) is 2.97. The fourth-order valence-corrected chi connectivity index (χ4v) is 3.44. The van der Waals surface area contributed by atoms with E-state index in [0.717, 1.165) is 22.4 Å². The first-order chi connectivity index (χ1) is 12.7. The van der Waals surface area contributed by atoms with Gasteiger partial charge in [-0.05, 0) is 57.4 Å². The number of hydrogen-bond acceptors (Lipinski definition) is 5. The lowest BCUT2D eigenvalue weighted by molar-refractivity contribution is 0.0224. The molecule has 2 heterocycles. The zero-order valence-electron chi connectivity index (χ0n) is 16.0. The summed E-state index contributed by atoms with van der Waals surface area (Å²) in [5, 5.41) is 6.11. The molecule has 0 spiro atoms. The molecule has 1 aliphatic heterocycles. The van der Waals surface area contributed by atoms with Crippen LogP contribution in [0.1, 0.15) is 36.8 Å². The van der Waals surface area contributed by atoms with Crippen LogP contribution < -0.4 is 10.6 Å². The number of nitrogens with zero attached hydrogens (tertiary/aromatic N) is 2. The van der Waals surface area contributed by atoms with E-state index in [0.29, 0.717) is 23.9 Å². The predicted octanol–water partition coefficient (Wildman–Crippen LogP) is 4.39. The van der Waals surface area contributed by atoms with Gasteiger partial charge < -0.3 is 15.0 Å². The van der Waals surface area contributed by atoms with Gasteiger partial charge in [-0.15, -0.1) is 11.3 Å². The van der Waals surface area contributed by atoms with E-state index in [1.54, 1.807) is 11.1 Å². The first-order valence-corrected chi connectivity index (χ1v) is 9.61. The third kappa shape index (κ3) is 5.19. The molecular weight excluding hydrogens is 364 g/mol. The molecule has 3 rings (SSSR count). The molecule has 2 aromatic rings. The van der Waals surface area contributed by atoms with Gasteiger partial charge in [-0.3, -0.25) is 5.32 Å². The van der Waals surface area contributed by atoms with Crippen molar-refractivity contribution in [2.75, 3.05) is 17.2 Å². The minimum atomic E-state index is -0.505. The summed E-state index contributed by atoms with van der Waals surface area (Å²) in [6.45, 7) is 8.62. The summed E-state index contributed by atoms with van der Waals surface area (Å²) >= 11 is 1.42. The minimum Gasteiger partial charge on any atom is -0.444 e.